The average Bonchev–Trinajstić information content (AvgIpc) is 2.88. The van der Waals surface area contributed by atoms with E-state index in [1.807, 2.05) is 4.72 Å². The number of nitrogen functional groups attached to an aromatic ring is 1. The summed E-state index contributed by atoms with van der Waals surface area (Å²) in [6, 6.07) is 8.89. The number of anilines is 3. The molecule has 0 heterocycles. The van der Waals surface area contributed by atoms with Gasteiger partial charge in [-0.1, -0.05) is 12.1 Å². The molecule has 0 fully saturated rings. The number of nitrogens with two attached hydrogens (primary N) is 1. The Hall–Kier alpha value is -4.11. The van der Waals surface area contributed by atoms with Crippen molar-refractivity contribution in [2.24, 2.45) is 0 Å². The van der Waals surface area contributed by atoms with Gasteiger partial charge < -0.3 is 11.1 Å². The van der Waals surface area contributed by atoms with Crippen LogP contribution >= 0.6 is 0 Å². The first-order valence-electron chi connectivity index (χ1n) is 12.3. The van der Waals surface area contributed by atoms with E-state index in [1.54, 1.807) is 26.8 Å². The number of nitrogens with one attached hydrogen (secondary N) is 2. The molecule has 4 aromatic rings. The third-order valence-corrected chi connectivity index (χ3v) is 10.6. The van der Waals surface area contributed by atoms with Gasteiger partial charge in [-0.3, -0.25) is 23.2 Å². The fraction of sp³-hybridized carbons (Fsp3) is 0.115. The molecule has 7 N–H and O–H groups in total. The van der Waals surface area contributed by atoms with Crippen LogP contribution in [0.25, 0.3) is 10.8 Å². The number of aryl methyl sites for hydroxylation is 3. The minimum atomic E-state index is -5.36. The Morgan fingerprint density at radius 3 is 1.80 bits per heavy atom. The van der Waals surface area contributed by atoms with E-state index in [1.165, 1.54) is 18.2 Å². The summed E-state index contributed by atoms with van der Waals surface area (Å²) in [5.41, 5.74) is 7.05. The molecule has 0 saturated carbocycles. The van der Waals surface area contributed by atoms with Gasteiger partial charge in [0.15, 0.2) is 0 Å². The standard InChI is InChI=1S/C26H25N3O12S4/c1-13-4-5-23(21(6-13)28-26(30)19-12-20(27)15(3)7-14(19)2)42(31,32)29-22-10-17(43(33,34)35)8-16-9-18(44(36,37)38)11-24(25(16)22)45(39,40)41/h4-12,29H,27H2,1-3H3,(H,28,30)(H,33,34,35)(H,36,37,38)(H,39,40,41). The summed E-state index contributed by atoms with van der Waals surface area (Å²) >= 11 is 0. The van der Waals surface area contributed by atoms with E-state index in [2.05, 4.69) is 5.32 Å². The lowest BCUT2D eigenvalue weighted by atomic mass is 10.0. The highest BCUT2D eigenvalue weighted by Gasteiger charge is 2.28. The third kappa shape index (κ3) is 7.09. The monoisotopic (exact) mass is 699 g/mol. The van der Waals surface area contributed by atoms with Crippen molar-refractivity contribution in [3.05, 3.63) is 76.9 Å². The number of carbonyl (C=O) groups is 1. The Morgan fingerprint density at radius 1 is 0.667 bits per heavy atom. The molecule has 4 rings (SSSR count). The van der Waals surface area contributed by atoms with Crippen LogP contribution in [0.1, 0.15) is 27.0 Å². The van der Waals surface area contributed by atoms with Gasteiger partial charge in [-0.05, 0) is 85.3 Å². The van der Waals surface area contributed by atoms with E-state index in [0.717, 1.165) is 6.07 Å². The van der Waals surface area contributed by atoms with Crippen LogP contribution in [0.2, 0.25) is 0 Å². The summed E-state index contributed by atoms with van der Waals surface area (Å²) in [4.78, 5) is 9.30. The summed E-state index contributed by atoms with van der Waals surface area (Å²) in [7, 11) is -20.5. The second kappa shape index (κ2) is 11.4. The van der Waals surface area contributed by atoms with Crippen LogP contribution in [0.5, 0.6) is 0 Å². The molecule has 0 aliphatic heterocycles. The summed E-state index contributed by atoms with van der Waals surface area (Å²) in [5.74, 6) is -0.730. The lowest BCUT2D eigenvalue weighted by Crippen LogP contribution is -2.20. The quantitative estimate of drug-likeness (QED) is 0.114. The van der Waals surface area contributed by atoms with E-state index < -0.39 is 82.3 Å². The maximum Gasteiger partial charge on any atom is 0.295 e. The Balaban J connectivity index is 1.95. The van der Waals surface area contributed by atoms with Gasteiger partial charge in [0, 0.05) is 16.6 Å². The van der Waals surface area contributed by atoms with Gasteiger partial charge in [-0.2, -0.15) is 25.3 Å². The average molecular weight is 700 g/mol. The van der Waals surface area contributed by atoms with Crippen molar-refractivity contribution >= 4 is 74.1 Å². The smallest absolute Gasteiger partial charge is 0.295 e. The first-order chi connectivity index (χ1) is 20.5. The lowest BCUT2D eigenvalue weighted by molar-refractivity contribution is 0.102. The molecule has 0 aliphatic carbocycles. The third-order valence-electron chi connectivity index (χ3n) is 6.61. The van der Waals surface area contributed by atoms with Crippen LogP contribution in [0, 0.1) is 20.8 Å². The number of carbonyl (C=O) groups excluding carboxylic acids is 1. The van der Waals surface area contributed by atoms with E-state index >= 15 is 0 Å². The van der Waals surface area contributed by atoms with Crippen LogP contribution in [0.4, 0.5) is 17.1 Å². The second-order valence-corrected chi connectivity index (χ2v) is 15.9. The van der Waals surface area contributed by atoms with E-state index in [4.69, 9.17) is 5.73 Å². The van der Waals surface area contributed by atoms with Gasteiger partial charge in [0.05, 0.1) is 21.2 Å². The van der Waals surface area contributed by atoms with Crippen molar-refractivity contribution in [1.29, 1.82) is 0 Å². The van der Waals surface area contributed by atoms with Crippen molar-refractivity contribution in [3.63, 3.8) is 0 Å². The molecular formula is C26H25N3O12S4. The number of hydrogen-bond donors (Lipinski definition) is 6. The lowest BCUT2D eigenvalue weighted by Gasteiger charge is -2.18. The molecule has 0 atom stereocenters. The molecule has 0 unspecified atom stereocenters. The van der Waals surface area contributed by atoms with Gasteiger partial charge in [0.1, 0.15) is 9.79 Å². The zero-order valence-electron chi connectivity index (χ0n) is 23.4. The van der Waals surface area contributed by atoms with Crippen LogP contribution in [0.3, 0.4) is 0 Å². The molecule has 45 heavy (non-hydrogen) atoms. The fourth-order valence-corrected chi connectivity index (χ4v) is 7.61. The molecule has 4 aromatic carbocycles. The molecule has 0 aromatic heterocycles. The normalized spacial score (nSPS) is 12.7. The predicted molar refractivity (Wildman–Crippen MR) is 164 cm³/mol. The van der Waals surface area contributed by atoms with E-state index in [9.17, 15) is 52.1 Å². The molecule has 0 radical (unpaired) electrons. The number of benzene rings is 4. The van der Waals surface area contributed by atoms with Gasteiger partial charge in [-0.15, -0.1) is 0 Å². The Kier molecular flexibility index (Phi) is 8.52. The number of sulfonamides is 1. The van der Waals surface area contributed by atoms with Gasteiger partial charge in [0.2, 0.25) is 0 Å². The summed E-state index contributed by atoms with van der Waals surface area (Å²) in [5, 5.41) is 1.15. The highest BCUT2D eigenvalue weighted by Crippen LogP contribution is 2.37. The highest BCUT2D eigenvalue weighted by molar-refractivity contribution is 7.93. The van der Waals surface area contributed by atoms with Gasteiger partial charge in [-0.25, -0.2) is 8.42 Å². The van der Waals surface area contributed by atoms with Crippen molar-refractivity contribution in [3.8, 4) is 0 Å². The zero-order chi connectivity index (χ0) is 33.9. The maximum absolute atomic E-state index is 13.8. The zero-order valence-corrected chi connectivity index (χ0v) is 26.7. The summed E-state index contributed by atoms with van der Waals surface area (Å²) in [6.07, 6.45) is 0. The van der Waals surface area contributed by atoms with Crippen molar-refractivity contribution in [2.45, 2.75) is 40.4 Å². The van der Waals surface area contributed by atoms with Crippen molar-refractivity contribution in [2.75, 3.05) is 15.8 Å². The van der Waals surface area contributed by atoms with E-state index in [-0.39, 0.29) is 11.3 Å². The molecule has 1 amide bonds. The topological polar surface area (TPSA) is 264 Å². The number of hydrogen-bond acceptors (Lipinski definition) is 10. The van der Waals surface area contributed by atoms with Crippen LogP contribution < -0.4 is 15.8 Å². The minimum absolute atomic E-state index is 0.134. The van der Waals surface area contributed by atoms with Crippen LogP contribution in [-0.2, 0) is 40.4 Å². The van der Waals surface area contributed by atoms with Crippen molar-refractivity contribution in [1.82, 2.24) is 0 Å². The molecule has 0 aliphatic rings. The summed E-state index contributed by atoms with van der Waals surface area (Å²) in [6.45, 7) is 4.98. The number of fused-ring (bicyclic) bond motifs is 1. The Bertz CT molecular complexity index is 2370. The SMILES string of the molecule is Cc1ccc(S(=O)(=O)Nc2cc(S(=O)(=O)O)cc3cc(S(=O)(=O)O)cc(S(=O)(=O)O)c23)c(NC(=O)c2cc(N)c(C)cc2C)c1. The maximum atomic E-state index is 13.8. The second-order valence-electron chi connectivity index (χ2n) is 10.00. The predicted octanol–water partition coefficient (Wildman–Crippen LogP) is 3.14. The number of amides is 1. The molecule has 19 heteroatoms. The van der Waals surface area contributed by atoms with Crippen LogP contribution in [0.15, 0.2) is 74.2 Å². The number of rotatable bonds is 8. The molecule has 0 bridgehead atoms. The largest absolute Gasteiger partial charge is 0.398 e. The first kappa shape index (κ1) is 33.8. The molecule has 15 nitrogen and oxygen atoms in total. The fourth-order valence-electron chi connectivity index (χ4n) is 4.48. The van der Waals surface area contributed by atoms with E-state index in [0.29, 0.717) is 46.6 Å². The Morgan fingerprint density at radius 2 is 1.24 bits per heavy atom. The molecule has 0 spiro atoms. The first-order valence-corrected chi connectivity index (χ1v) is 18.1. The van der Waals surface area contributed by atoms with Gasteiger partial charge in [0.25, 0.3) is 46.3 Å². The van der Waals surface area contributed by atoms with Crippen molar-refractivity contribution < 1.29 is 52.1 Å². The molecule has 0 saturated heterocycles. The molecule has 240 valence electrons. The minimum Gasteiger partial charge on any atom is -0.398 e. The highest BCUT2D eigenvalue weighted by atomic mass is 32.2. The Labute approximate surface area is 258 Å². The van der Waals surface area contributed by atoms with Gasteiger partial charge >= 0.3 is 0 Å². The summed E-state index contributed by atoms with van der Waals surface area (Å²) < 4.78 is 131. The molecular weight excluding hydrogens is 675 g/mol. The van der Waals surface area contributed by atoms with Crippen LogP contribution in [-0.4, -0.2) is 53.2 Å².